The smallest absolute Gasteiger partial charge is 0.225 e. The molecule has 1 aromatic carbocycles. The molecule has 0 saturated carbocycles. The van der Waals surface area contributed by atoms with Crippen LogP contribution in [0.2, 0.25) is 0 Å². The average Bonchev–Trinajstić information content (AvgIpc) is 2.61. The van der Waals surface area contributed by atoms with Gasteiger partial charge in [0.2, 0.25) is 5.95 Å². The molecule has 5 nitrogen and oxygen atoms in total. The van der Waals surface area contributed by atoms with Gasteiger partial charge in [0.15, 0.2) is 0 Å². The molecular formula is C16H20N4OS. The zero-order valence-electron chi connectivity index (χ0n) is 12.5. The maximum atomic E-state index is 12.2. The molecular weight excluding hydrogens is 296 g/mol. The van der Waals surface area contributed by atoms with Crippen LogP contribution in [0.4, 0.5) is 5.95 Å². The van der Waals surface area contributed by atoms with Crippen LogP contribution in [0.5, 0.6) is 0 Å². The van der Waals surface area contributed by atoms with E-state index in [4.69, 9.17) is 0 Å². The first-order valence-electron chi connectivity index (χ1n) is 7.51. The Morgan fingerprint density at radius 2 is 1.64 bits per heavy atom. The summed E-state index contributed by atoms with van der Waals surface area (Å²) in [5, 5.41) is 0. The Labute approximate surface area is 133 Å². The average molecular weight is 316 g/mol. The lowest BCUT2D eigenvalue weighted by atomic mass is 10.3. The van der Waals surface area contributed by atoms with Gasteiger partial charge in [0.25, 0.3) is 0 Å². The number of benzene rings is 1. The van der Waals surface area contributed by atoms with Crippen LogP contribution >= 0.6 is 0 Å². The van der Waals surface area contributed by atoms with E-state index in [1.54, 1.807) is 12.4 Å². The molecule has 1 fully saturated rings. The fourth-order valence-corrected chi connectivity index (χ4v) is 3.65. The molecule has 6 heteroatoms. The molecule has 1 aliphatic heterocycles. The molecule has 22 heavy (non-hydrogen) atoms. The standard InChI is InChI=1S/C16H20N4OS/c21-22(15-5-2-1-3-6-15)14-13-19-9-11-20(12-10-19)16-17-7-4-8-18-16/h1-8H,9-14H2/t22-/m1/s1. The lowest BCUT2D eigenvalue weighted by molar-refractivity contribution is 0.271. The minimum atomic E-state index is -0.910. The molecule has 0 bridgehead atoms. The summed E-state index contributed by atoms with van der Waals surface area (Å²) < 4.78 is 12.2. The van der Waals surface area contributed by atoms with E-state index in [0.29, 0.717) is 5.75 Å². The van der Waals surface area contributed by atoms with Crippen molar-refractivity contribution in [2.24, 2.45) is 0 Å². The van der Waals surface area contributed by atoms with Crippen LogP contribution in [0.1, 0.15) is 0 Å². The van der Waals surface area contributed by atoms with Gasteiger partial charge in [0.1, 0.15) is 0 Å². The first-order valence-corrected chi connectivity index (χ1v) is 8.82. The number of hydrogen-bond acceptors (Lipinski definition) is 5. The van der Waals surface area contributed by atoms with Crippen molar-refractivity contribution in [2.45, 2.75) is 4.90 Å². The van der Waals surface area contributed by atoms with Gasteiger partial charge in [-0.25, -0.2) is 9.97 Å². The molecule has 1 saturated heterocycles. The van der Waals surface area contributed by atoms with E-state index in [2.05, 4.69) is 19.8 Å². The Bertz CT molecular complexity index is 600. The van der Waals surface area contributed by atoms with Gasteiger partial charge >= 0.3 is 0 Å². The van der Waals surface area contributed by atoms with Crippen molar-refractivity contribution in [1.29, 1.82) is 0 Å². The summed E-state index contributed by atoms with van der Waals surface area (Å²) in [5.74, 6) is 1.49. The third-order valence-electron chi connectivity index (χ3n) is 3.81. The largest absolute Gasteiger partial charge is 0.338 e. The van der Waals surface area contributed by atoms with Gasteiger partial charge in [0, 0.05) is 55.8 Å². The summed E-state index contributed by atoms with van der Waals surface area (Å²) in [5.41, 5.74) is 0. The third kappa shape index (κ3) is 3.90. The monoisotopic (exact) mass is 316 g/mol. The molecule has 116 valence electrons. The maximum Gasteiger partial charge on any atom is 0.225 e. The number of piperazine rings is 1. The van der Waals surface area contributed by atoms with Crippen molar-refractivity contribution in [3.8, 4) is 0 Å². The summed E-state index contributed by atoms with van der Waals surface area (Å²) in [6.07, 6.45) is 3.55. The maximum absolute atomic E-state index is 12.2. The van der Waals surface area contributed by atoms with Crippen LogP contribution in [0.25, 0.3) is 0 Å². The number of hydrogen-bond donors (Lipinski definition) is 0. The first-order chi connectivity index (χ1) is 10.8. The van der Waals surface area contributed by atoms with Gasteiger partial charge in [-0.3, -0.25) is 9.11 Å². The minimum absolute atomic E-state index is 0.686. The highest BCUT2D eigenvalue weighted by molar-refractivity contribution is 7.85. The van der Waals surface area contributed by atoms with E-state index in [1.165, 1.54) is 0 Å². The quantitative estimate of drug-likeness (QED) is 0.835. The van der Waals surface area contributed by atoms with Gasteiger partial charge in [-0.05, 0) is 18.2 Å². The number of rotatable bonds is 5. The molecule has 0 N–H and O–H groups in total. The number of nitrogens with zero attached hydrogens (tertiary/aromatic N) is 4. The van der Waals surface area contributed by atoms with Crippen LogP contribution in [-0.4, -0.2) is 57.6 Å². The fraction of sp³-hybridized carbons (Fsp3) is 0.375. The Morgan fingerprint density at radius 3 is 2.32 bits per heavy atom. The molecule has 1 aromatic heterocycles. The third-order valence-corrected chi connectivity index (χ3v) is 5.16. The topological polar surface area (TPSA) is 49.3 Å². The van der Waals surface area contributed by atoms with Crippen molar-refractivity contribution >= 4 is 16.7 Å². The van der Waals surface area contributed by atoms with Crippen LogP contribution in [0.3, 0.4) is 0 Å². The lowest BCUT2D eigenvalue weighted by Crippen LogP contribution is -2.47. The molecule has 0 spiro atoms. The summed E-state index contributed by atoms with van der Waals surface area (Å²) in [6.45, 7) is 4.63. The van der Waals surface area contributed by atoms with Crippen LogP contribution in [0, 0.1) is 0 Å². The van der Waals surface area contributed by atoms with E-state index in [0.717, 1.165) is 43.6 Å². The van der Waals surface area contributed by atoms with Crippen molar-refractivity contribution in [1.82, 2.24) is 14.9 Å². The predicted octanol–water partition coefficient (Wildman–Crippen LogP) is 1.41. The van der Waals surface area contributed by atoms with Crippen LogP contribution < -0.4 is 4.90 Å². The normalized spacial score (nSPS) is 17.4. The van der Waals surface area contributed by atoms with Gasteiger partial charge < -0.3 is 4.90 Å². The number of aromatic nitrogens is 2. The van der Waals surface area contributed by atoms with Crippen molar-refractivity contribution in [2.75, 3.05) is 43.4 Å². The van der Waals surface area contributed by atoms with Gasteiger partial charge in [-0.15, -0.1) is 0 Å². The van der Waals surface area contributed by atoms with Gasteiger partial charge in [-0.2, -0.15) is 0 Å². The van der Waals surface area contributed by atoms with Gasteiger partial charge in [0.05, 0.1) is 10.8 Å². The Kier molecular flexibility index (Phi) is 5.13. The van der Waals surface area contributed by atoms with E-state index in [1.807, 2.05) is 36.4 Å². The Morgan fingerprint density at radius 1 is 0.955 bits per heavy atom. The second-order valence-electron chi connectivity index (χ2n) is 5.24. The first kappa shape index (κ1) is 15.1. The Balaban J connectivity index is 1.45. The lowest BCUT2D eigenvalue weighted by Gasteiger charge is -2.34. The van der Waals surface area contributed by atoms with Crippen molar-refractivity contribution in [3.05, 3.63) is 48.8 Å². The van der Waals surface area contributed by atoms with E-state index < -0.39 is 10.8 Å². The zero-order chi connectivity index (χ0) is 15.2. The fourth-order valence-electron chi connectivity index (χ4n) is 2.53. The summed E-state index contributed by atoms with van der Waals surface area (Å²) in [4.78, 5) is 14.1. The highest BCUT2D eigenvalue weighted by Gasteiger charge is 2.19. The zero-order valence-corrected chi connectivity index (χ0v) is 13.3. The van der Waals surface area contributed by atoms with E-state index >= 15 is 0 Å². The molecule has 2 heterocycles. The second-order valence-corrected chi connectivity index (χ2v) is 6.81. The number of anilines is 1. The highest BCUT2D eigenvalue weighted by atomic mass is 32.2. The summed E-state index contributed by atoms with van der Waals surface area (Å²) in [7, 11) is -0.910. The van der Waals surface area contributed by atoms with Crippen molar-refractivity contribution < 1.29 is 4.21 Å². The summed E-state index contributed by atoms with van der Waals surface area (Å²) in [6, 6.07) is 11.5. The second kappa shape index (κ2) is 7.47. The summed E-state index contributed by atoms with van der Waals surface area (Å²) >= 11 is 0. The van der Waals surface area contributed by atoms with E-state index in [-0.39, 0.29) is 0 Å². The van der Waals surface area contributed by atoms with Crippen LogP contribution in [0.15, 0.2) is 53.7 Å². The molecule has 0 amide bonds. The van der Waals surface area contributed by atoms with E-state index in [9.17, 15) is 4.21 Å². The highest BCUT2D eigenvalue weighted by Crippen LogP contribution is 2.10. The molecule has 1 atom stereocenters. The van der Waals surface area contributed by atoms with Gasteiger partial charge in [-0.1, -0.05) is 18.2 Å². The molecule has 0 unspecified atom stereocenters. The van der Waals surface area contributed by atoms with Crippen molar-refractivity contribution in [3.63, 3.8) is 0 Å². The molecule has 1 aliphatic rings. The SMILES string of the molecule is O=[S@](CCN1CCN(c2ncccn2)CC1)c1ccccc1. The molecule has 0 aliphatic carbocycles. The molecule has 0 radical (unpaired) electrons. The minimum Gasteiger partial charge on any atom is -0.338 e. The Hall–Kier alpha value is -1.79. The van der Waals surface area contributed by atoms with Crippen LogP contribution in [-0.2, 0) is 10.8 Å². The molecule has 2 aromatic rings. The molecule has 3 rings (SSSR count). The predicted molar refractivity (Wildman–Crippen MR) is 88.4 cm³/mol.